The highest BCUT2D eigenvalue weighted by Gasteiger charge is 2.19. The predicted molar refractivity (Wildman–Crippen MR) is 83.7 cm³/mol. The van der Waals surface area contributed by atoms with E-state index in [1.54, 1.807) is 11.3 Å². The van der Waals surface area contributed by atoms with Crippen molar-refractivity contribution >= 4 is 22.9 Å². The fraction of sp³-hybridized carbons (Fsp3) is 0.125. The summed E-state index contributed by atoms with van der Waals surface area (Å²) < 4.78 is 5.38. The molecule has 0 radical (unpaired) electrons. The average Bonchev–Trinajstić information content (AvgIpc) is 3.09. The molecule has 2 aromatic heterocycles. The van der Waals surface area contributed by atoms with Gasteiger partial charge >= 0.3 is 0 Å². The molecule has 0 spiro atoms. The molecular formula is C16H14N2O2S. The summed E-state index contributed by atoms with van der Waals surface area (Å²) >= 11 is 1.57. The third-order valence-electron chi connectivity index (χ3n) is 3.06. The van der Waals surface area contributed by atoms with Crippen LogP contribution < -0.4 is 5.32 Å². The molecule has 3 rings (SSSR count). The molecule has 5 heteroatoms. The first-order valence-electron chi connectivity index (χ1n) is 6.52. The molecule has 106 valence electrons. The van der Waals surface area contributed by atoms with Crippen molar-refractivity contribution in [2.75, 3.05) is 5.32 Å². The van der Waals surface area contributed by atoms with Gasteiger partial charge in [-0.3, -0.25) is 4.79 Å². The second-order valence-corrected chi connectivity index (χ2v) is 6.05. The zero-order valence-electron chi connectivity index (χ0n) is 11.7. The Morgan fingerprint density at radius 3 is 2.57 bits per heavy atom. The van der Waals surface area contributed by atoms with Crippen molar-refractivity contribution in [3.63, 3.8) is 0 Å². The molecule has 0 aliphatic carbocycles. The molecule has 0 saturated heterocycles. The molecule has 0 fully saturated rings. The summed E-state index contributed by atoms with van der Waals surface area (Å²) in [6, 6.07) is 11.5. The highest BCUT2D eigenvalue weighted by molar-refractivity contribution is 7.15. The number of carbonyl (C=O) groups excluding carboxylic acids is 1. The lowest BCUT2D eigenvalue weighted by atomic mass is 10.2. The minimum atomic E-state index is -0.270. The number of anilines is 1. The van der Waals surface area contributed by atoms with Crippen LogP contribution in [0.25, 0.3) is 10.6 Å². The van der Waals surface area contributed by atoms with Gasteiger partial charge in [0.1, 0.15) is 0 Å². The molecule has 0 aliphatic heterocycles. The van der Waals surface area contributed by atoms with E-state index < -0.39 is 0 Å². The van der Waals surface area contributed by atoms with Gasteiger partial charge in [0.2, 0.25) is 0 Å². The molecule has 0 atom stereocenters. The third kappa shape index (κ3) is 2.87. The van der Waals surface area contributed by atoms with Crippen LogP contribution in [0.1, 0.15) is 20.9 Å². The van der Waals surface area contributed by atoms with Gasteiger partial charge in [-0.25, -0.2) is 4.98 Å². The Labute approximate surface area is 126 Å². The number of hydrogen-bond donors (Lipinski definition) is 1. The summed E-state index contributed by atoms with van der Waals surface area (Å²) in [5, 5.41) is 2.83. The van der Waals surface area contributed by atoms with Crippen LogP contribution in [0, 0.1) is 13.8 Å². The maximum absolute atomic E-state index is 12.3. The fourth-order valence-corrected chi connectivity index (χ4v) is 2.82. The number of aromatic nitrogens is 1. The first-order chi connectivity index (χ1) is 10.1. The maximum Gasteiger partial charge on any atom is 0.278 e. The largest absolute Gasteiger partial charge is 0.442 e. The molecule has 3 aromatic rings. The maximum atomic E-state index is 12.3. The third-order valence-corrected chi connectivity index (χ3v) is 4.06. The van der Waals surface area contributed by atoms with E-state index in [2.05, 4.69) is 10.3 Å². The molecule has 2 heterocycles. The van der Waals surface area contributed by atoms with Crippen molar-refractivity contribution in [1.82, 2.24) is 4.98 Å². The summed E-state index contributed by atoms with van der Waals surface area (Å²) in [6.07, 6.45) is 1.30. The molecule has 0 unspecified atom stereocenters. The van der Waals surface area contributed by atoms with Gasteiger partial charge in [-0.2, -0.15) is 0 Å². The SMILES string of the molecule is Cc1ccc(NC(=O)c2ncoc2-c2ccc(C)s2)cc1. The van der Waals surface area contributed by atoms with E-state index in [9.17, 15) is 4.79 Å². The molecule has 4 nitrogen and oxygen atoms in total. The first kappa shape index (κ1) is 13.6. The number of benzene rings is 1. The summed E-state index contributed by atoms with van der Waals surface area (Å²) in [6.45, 7) is 4.01. The second-order valence-electron chi connectivity index (χ2n) is 4.76. The van der Waals surface area contributed by atoms with E-state index in [0.29, 0.717) is 11.5 Å². The molecule has 0 saturated carbocycles. The Hall–Kier alpha value is -2.40. The molecular weight excluding hydrogens is 284 g/mol. The van der Waals surface area contributed by atoms with Gasteiger partial charge in [0.15, 0.2) is 17.8 Å². The van der Waals surface area contributed by atoms with E-state index in [-0.39, 0.29) is 5.91 Å². The second kappa shape index (κ2) is 5.54. The minimum Gasteiger partial charge on any atom is -0.442 e. The lowest BCUT2D eigenvalue weighted by Crippen LogP contribution is -2.13. The number of oxazole rings is 1. The highest BCUT2D eigenvalue weighted by atomic mass is 32.1. The van der Waals surface area contributed by atoms with Gasteiger partial charge in [0.05, 0.1) is 4.88 Å². The summed E-state index contributed by atoms with van der Waals surface area (Å²) in [5.74, 6) is 0.242. The lowest BCUT2D eigenvalue weighted by molar-refractivity contribution is 0.102. The molecule has 1 aromatic carbocycles. The van der Waals surface area contributed by atoms with Crippen LogP contribution >= 0.6 is 11.3 Å². The van der Waals surface area contributed by atoms with Crippen LogP contribution in [0.2, 0.25) is 0 Å². The van der Waals surface area contributed by atoms with Gasteiger partial charge in [-0.05, 0) is 38.1 Å². The zero-order chi connectivity index (χ0) is 14.8. The smallest absolute Gasteiger partial charge is 0.278 e. The molecule has 1 N–H and O–H groups in total. The number of aryl methyl sites for hydroxylation is 2. The number of hydrogen-bond acceptors (Lipinski definition) is 4. The molecule has 1 amide bonds. The van der Waals surface area contributed by atoms with Gasteiger partial charge < -0.3 is 9.73 Å². The molecule has 21 heavy (non-hydrogen) atoms. The van der Waals surface area contributed by atoms with Gasteiger partial charge in [0.25, 0.3) is 5.91 Å². The fourth-order valence-electron chi connectivity index (χ4n) is 1.97. The van der Waals surface area contributed by atoms with Crippen LogP contribution in [0.3, 0.4) is 0 Å². The Bertz CT molecular complexity index is 772. The number of thiophene rings is 1. The number of nitrogens with one attached hydrogen (secondary N) is 1. The Kier molecular flexibility index (Phi) is 3.58. The van der Waals surface area contributed by atoms with Crippen molar-refractivity contribution in [2.45, 2.75) is 13.8 Å². The van der Waals surface area contributed by atoms with E-state index in [4.69, 9.17) is 4.42 Å². The van der Waals surface area contributed by atoms with Gasteiger partial charge in [0, 0.05) is 10.6 Å². The Morgan fingerprint density at radius 2 is 1.90 bits per heavy atom. The monoisotopic (exact) mass is 298 g/mol. The van der Waals surface area contributed by atoms with Crippen LogP contribution in [-0.2, 0) is 0 Å². The number of carbonyl (C=O) groups is 1. The Morgan fingerprint density at radius 1 is 1.14 bits per heavy atom. The molecule has 0 aliphatic rings. The Balaban J connectivity index is 1.86. The van der Waals surface area contributed by atoms with Crippen LogP contribution in [-0.4, -0.2) is 10.9 Å². The van der Waals surface area contributed by atoms with E-state index >= 15 is 0 Å². The summed E-state index contributed by atoms with van der Waals surface area (Å²) in [4.78, 5) is 18.4. The van der Waals surface area contributed by atoms with E-state index in [1.807, 2.05) is 50.2 Å². The van der Waals surface area contributed by atoms with Crippen LogP contribution in [0.5, 0.6) is 0 Å². The zero-order valence-corrected chi connectivity index (χ0v) is 12.5. The first-order valence-corrected chi connectivity index (χ1v) is 7.33. The van der Waals surface area contributed by atoms with Crippen molar-refractivity contribution in [1.29, 1.82) is 0 Å². The quantitative estimate of drug-likeness (QED) is 0.785. The number of amides is 1. The van der Waals surface area contributed by atoms with Gasteiger partial charge in [-0.15, -0.1) is 11.3 Å². The highest BCUT2D eigenvalue weighted by Crippen LogP contribution is 2.30. The number of rotatable bonds is 3. The average molecular weight is 298 g/mol. The van der Waals surface area contributed by atoms with Gasteiger partial charge in [-0.1, -0.05) is 17.7 Å². The molecule has 0 bridgehead atoms. The van der Waals surface area contributed by atoms with E-state index in [1.165, 1.54) is 6.39 Å². The standard InChI is InChI=1S/C16H14N2O2S/c1-10-3-6-12(7-4-10)18-16(19)14-15(20-9-17-14)13-8-5-11(2)21-13/h3-9H,1-2H3,(H,18,19). The topological polar surface area (TPSA) is 55.1 Å². The number of nitrogens with zero attached hydrogens (tertiary/aromatic N) is 1. The van der Waals surface area contributed by atoms with Crippen molar-refractivity contribution in [3.8, 4) is 10.6 Å². The van der Waals surface area contributed by atoms with E-state index in [0.717, 1.165) is 21.0 Å². The summed E-state index contributed by atoms with van der Waals surface area (Å²) in [7, 11) is 0. The minimum absolute atomic E-state index is 0.270. The normalized spacial score (nSPS) is 10.6. The van der Waals surface area contributed by atoms with Crippen molar-refractivity contribution < 1.29 is 9.21 Å². The summed E-state index contributed by atoms with van der Waals surface area (Å²) in [5.41, 5.74) is 2.18. The van der Waals surface area contributed by atoms with Crippen molar-refractivity contribution in [3.05, 3.63) is 58.9 Å². The predicted octanol–water partition coefficient (Wildman–Crippen LogP) is 4.27. The lowest BCUT2D eigenvalue weighted by Gasteiger charge is -2.04. The van der Waals surface area contributed by atoms with Crippen LogP contribution in [0.15, 0.2) is 47.2 Å². The van der Waals surface area contributed by atoms with Crippen molar-refractivity contribution in [2.24, 2.45) is 0 Å². The van der Waals surface area contributed by atoms with Crippen LogP contribution in [0.4, 0.5) is 5.69 Å².